The Morgan fingerprint density at radius 2 is 2.05 bits per heavy atom. The van der Waals surface area contributed by atoms with Crippen molar-refractivity contribution in [3.05, 3.63) is 0 Å². The van der Waals surface area contributed by atoms with Gasteiger partial charge in [-0.2, -0.15) is 11.8 Å². The number of nitrogens with one attached hydrogen (secondary N) is 1. The minimum atomic E-state index is -0.544. The Balaban J connectivity index is 1.86. The van der Waals surface area contributed by atoms with Crippen LogP contribution in [-0.4, -0.2) is 52.9 Å². The fourth-order valence-electron chi connectivity index (χ4n) is 3.09. The lowest BCUT2D eigenvalue weighted by molar-refractivity contribution is -0.135. The van der Waals surface area contributed by atoms with Gasteiger partial charge >= 0.3 is 0 Å². The summed E-state index contributed by atoms with van der Waals surface area (Å²) in [6.45, 7) is 4.69. The van der Waals surface area contributed by atoms with Crippen molar-refractivity contribution in [3.63, 3.8) is 0 Å². The highest BCUT2D eigenvalue weighted by Crippen LogP contribution is 2.35. The molecule has 1 aliphatic heterocycles. The van der Waals surface area contributed by atoms with Crippen LogP contribution in [0.25, 0.3) is 0 Å². The molecular formula is C15H27N3O2S. The summed E-state index contributed by atoms with van der Waals surface area (Å²) < 4.78 is 0. The van der Waals surface area contributed by atoms with E-state index in [9.17, 15) is 9.59 Å². The maximum Gasteiger partial charge on any atom is 0.242 e. The molecule has 1 saturated carbocycles. The lowest BCUT2D eigenvalue weighted by atomic mass is 9.93. The summed E-state index contributed by atoms with van der Waals surface area (Å²) in [6.07, 6.45) is 4.79. The van der Waals surface area contributed by atoms with E-state index in [0.717, 1.165) is 18.7 Å². The van der Waals surface area contributed by atoms with Crippen LogP contribution in [0.5, 0.6) is 0 Å². The highest BCUT2D eigenvalue weighted by molar-refractivity contribution is 8.00. The number of carbonyl (C=O) groups is 2. The molecule has 0 bridgehead atoms. The molecule has 2 fully saturated rings. The van der Waals surface area contributed by atoms with Crippen LogP contribution < -0.4 is 11.1 Å². The summed E-state index contributed by atoms with van der Waals surface area (Å²) >= 11 is 2.00. The van der Waals surface area contributed by atoms with Gasteiger partial charge in [0, 0.05) is 23.6 Å². The normalized spacial score (nSPS) is 27.1. The Morgan fingerprint density at radius 1 is 1.33 bits per heavy atom. The average Bonchev–Trinajstić information content (AvgIpc) is 2.50. The van der Waals surface area contributed by atoms with Gasteiger partial charge in [0.2, 0.25) is 11.8 Å². The first kappa shape index (κ1) is 16.6. The summed E-state index contributed by atoms with van der Waals surface area (Å²) in [5.74, 6) is 0.891. The maximum absolute atomic E-state index is 12.4. The first-order chi connectivity index (χ1) is 10.0. The van der Waals surface area contributed by atoms with Gasteiger partial charge in [-0.25, -0.2) is 0 Å². The van der Waals surface area contributed by atoms with Gasteiger partial charge in [-0.1, -0.05) is 26.7 Å². The molecule has 0 aromatic rings. The molecule has 2 amide bonds. The first-order valence-corrected chi connectivity index (χ1v) is 9.00. The highest BCUT2D eigenvalue weighted by atomic mass is 32.2. The van der Waals surface area contributed by atoms with E-state index in [1.165, 1.54) is 19.3 Å². The SMILES string of the molecule is CC(C)[C@H](N)C(=O)NCC(=O)N1CCSC2CCCCC21. The molecule has 2 rings (SSSR count). The minimum Gasteiger partial charge on any atom is -0.346 e. The molecule has 0 spiro atoms. The van der Waals surface area contributed by atoms with Gasteiger partial charge in [-0.15, -0.1) is 0 Å². The second-order valence-corrected chi connectivity index (χ2v) is 7.68. The van der Waals surface area contributed by atoms with Crippen molar-refractivity contribution >= 4 is 23.6 Å². The second kappa shape index (κ2) is 7.49. The number of rotatable bonds is 4. The molecule has 0 aromatic carbocycles. The number of hydrogen-bond acceptors (Lipinski definition) is 4. The smallest absolute Gasteiger partial charge is 0.242 e. The number of nitrogens with zero attached hydrogens (tertiary/aromatic N) is 1. The third-order valence-corrected chi connectivity index (χ3v) is 5.88. The molecule has 1 aliphatic carbocycles. The van der Waals surface area contributed by atoms with E-state index in [2.05, 4.69) is 5.32 Å². The predicted molar refractivity (Wildman–Crippen MR) is 86.0 cm³/mol. The van der Waals surface area contributed by atoms with E-state index in [1.54, 1.807) is 0 Å². The van der Waals surface area contributed by atoms with Gasteiger partial charge in [0.15, 0.2) is 0 Å². The lowest BCUT2D eigenvalue weighted by Gasteiger charge is -2.43. The van der Waals surface area contributed by atoms with Crippen LogP contribution in [0.2, 0.25) is 0 Å². The zero-order valence-electron chi connectivity index (χ0n) is 13.0. The van der Waals surface area contributed by atoms with Crippen LogP contribution in [0.15, 0.2) is 0 Å². The number of carbonyl (C=O) groups excluding carboxylic acids is 2. The molecule has 21 heavy (non-hydrogen) atoms. The highest BCUT2D eigenvalue weighted by Gasteiger charge is 2.36. The molecular weight excluding hydrogens is 286 g/mol. The molecule has 6 heteroatoms. The Kier molecular flexibility index (Phi) is 5.93. The average molecular weight is 313 g/mol. The summed E-state index contributed by atoms with van der Waals surface area (Å²) in [6, 6.07) is -0.183. The van der Waals surface area contributed by atoms with Crippen LogP contribution in [0.4, 0.5) is 0 Å². The zero-order valence-corrected chi connectivity index (χ0v) is 13.8. The molecule has 120 valence electrons. The Hall–Kier alpha value is -0.750. The Bertz CT molecular complexity index is 387. The largest absolute Gasteiger partial charge is 0.346 e. The number of nitrogens with two attached hydrogens (primary N) is 1. The standard InChI is InChI=1S/C15H27N3O2S/c1-10(2)14(16)15(20)17-9-13(19)18-7-8-21-12-6-4-3-5-11(12)18/h10-12,14H,3-9,16H2,1-2H3,(H,17,20)/t11?,12?,14-/m0/s1. The molecule has 1 heterocycles. The van der Waals surface area contributed by atoms with E-state index < -0.39 is 6.04 Å². The van der Waals surface area contributed by atoms with E-state index >= 15 is 0 Å². The third kappa shape index (κ3) is 4.13. The molecule has 0 radical (unpaired) electrons. The zero-order chi connectivity index (χ0) is 15.4. The second-order valence-electron chi connectivity index (χ2n) is 6.34. The summed E-state index contributed by atoms with van der Waals surface area (Å²) in [7, 11) is 0. The Labute approximate surface area is 131 Å². The predicted octanol–water partition coefficient (Wildman–Crippen LogP) is 0.973. The van der Waals surface area contributed by atoms with Gasteiger partial charge in [0.05, 0.1) is 12.6 Å². The first-order valence-electron chi connectivity index (χ1n) is 7.95. The van der Waals surface area contributed by atoms with Crippen molar-refractivity contribution in [2.75, 3.05) is 18.8 Å². The molecule has 3 atom stereocenters. The summed E-state index contributed by atoms with van der Waals surface area (Å²) in [5.41, 5.74) is 5.79. The number of amides is 2. The van der Waals surface area contributed by atoms with Crippen molar-refractivity contribution in [1.82, 2.24) is 10.2 Å². The molecule has 2 unspecified atom stereocenters. The Morgan fingerprint density at radius 3 is 2.76 bits per heavy atom. The number of fused-ring (bicyclic) bond motifs is 1. The summed E-state index contributed by atoms with van der Waals surface area (Å²) in [5, 5.41) is 3.28. The van der Waals surface area contributed by atoms with Crippen LogP contribution in [0, 0.1) is 5.92 Å². The van der Waals surface area contributed by atoms with Crippen molar-refractivity contribution in [2.24, 2.45) is 11.7 Å². The van der Waals surface area contributed by atoms with Crippen LogP contribution in [0.3, 0.4) is 0 Å². The van der Waals surface area contributed by atoms with Gasteiger partial charge in [0.25, 0.3) is 0 Å². The lowest BCUT2D eigenvalue weighted by Crippen LogP contribution is -2.55. The fourth-order valence-corrected chi connectivity index (χ4v) is 4.53. The van der Waals surface area contributed by atoms with E-state index in [4.69, 9.17) is 5.73 Å². The molecule has 5 nitrogen and oxygen atoms in total. The van der Waals surface area contributed by atoms with E-state index in [0.29, 0.717) is 11.3 Å². The van der Waals surface area contributed by atoms with Gasteiger partial charge in [-0.3, -0.25) is 9.59 Å². The monoisotopic (exact) mass is 313 g/mol. The molecule has 2 aliphatic rings. The number of thioether (sulfide) groups is 1. The quantitative estimate of drug-likeness (QED) is 0.811. The minimum absolute atomic E-state index is 0.0384. The topological polar surface area (TPSA) is 75.4 Å². The number of hydrogen-bond donors (Lipinski definition) is 2. The van der Waals surface area contributed by atoms with Crippen LogP contribution in [-0.2, 0) is 9.59 Å². The maximum atomic E-state index is 12.4. The van der Waals surface area contributed by atoms with Crippen molar-refractivity contribution in [3.8, 4) is 0 Å². The van der Waals surface area contributed by atoms with Gasteiger partial charge < -0.3 is 16.0 Å². The van der Waals surface area contributed by atoms with Crippen LogP contribution in [0.1, 0.15) is 39.5 Å². The van der Waals surface area contributed by atoms with Gasteiger partial charge in [-0.05, 0) is 18.8 Å². The van der Waals surface area contributed by atoms with Gasteiger partial charge in [0.1, 0.15) is 0 Å². The van der Waals surface area contributed by atoms with E-state index in [1.807, 2.05) is 30.5 Å². The van der Waals surface area contributed by atoms with Crippen molar-refractivity contribution < 1.29 is 9.59 Å². The van der Waals surface area contributed by atoms with Crippen LogP contribution >= 0.6 is 11.8 Å². The van der Waals surface area contributed by atoms with Crippen molar-refractivity contribution in [2.45, 2.75) is 56.9 Å². The molecule has 3 N–H and O–H groups in total. The molecule has 0 aromatic heterocycles. The molecule has 1 saturated heterocycles. The van der Waals surface area contributed by atoms with E-state index in [-0.39, 0.29) is 24.3 Å². The third-order valence-electron chi connectivity index (χ3n) is 4.49. The van der Waals surface area contributed by atoms with Crippen molar-refractivity contribution in [1.29, 1.82) is 0 Å². The summed E-state index contributed by atoms with van der Waals surface area (Å²) in [4.78, 5) is 26.2. The fraction of sp³-hybridized carbons (Fsp3) is 0.867.